The summed E-state index contributed by atoms with van der Waals surface area (Å²) in [5.74, 6) is -0.503. The summed E-state index contributed by atoms with van der Waals surface area (Å²) in [7, 11) is 0. The zero-order valence-corrected chi connectivity index (χ0v) is 11.3. The van der Waals surface area contributed by atoms with Crippen molar-refractivity contribution in [1.29, 1.82) is 0 Å². The normalized spacial score (nSPS) is 13.4. The molecule has 0 aliphatic heterocycles. The van der Waals surface area contributed by atoms with Gasteiger partial charge in [0.15, 0.2) is 0 Å². The summed E-state index contributed by atoms with van der Waals surface area (Å²) < 4.78 is 15.4. The first-order valence-corrected chi connectivity index (χ1v) is 6.20. The van der Waals surface area contributed by atoms with Crippen LogP contribution < -0.4 is 0 Å². The maximum Gasteiger partial charge on any atom is 0.305 e. The van der Waals surface area contributed by atoms with Crippen LogP contribution in [0.1, 0.15) is 33.6 Å². The molecule has 6 nitrogen and oxygen atoms in total. The minimum atomic E-state index is -1.19. The van der Waals surface area contributed by atoms with Crippen molar-refractivity contribution in [3.8, 4) is 0 Å². The van der Waals surface area contributed by atoms with Crippen LogP contribution in [0.2, 0.25) is 0 Å². The lowest BCUT2D eigenvalue weighted by atomic mass is 9.97. The highest BCUT2D eigenvalue weighted by atomic mass is 16.7. The van der Waals surface area contributed by atoms with E-state index in [4.69, 9.17) is 19.3 Å². The van der Waals surface area contributed by atoms with Gasteiger partial charge in [0.05, 0.1) is 26.4 Å². The molecular formula is C12H24O6. The number of rotatable bonds is 10. The second-order valence-corrected chi connectivity index (χ2v) is 3.96. The van der Waals surface area contributed by atoms with Crippen molar-refractivity contribution >= 4 is 5.97 Å². The van der Waals surface area contributed by atoms with Crippen LogP contribution in [-0.2, 0) is 19.0 Å². The van der Waals surface area contributed by atoms with Crippen molar-refractivity contribution in [2.45, 2.75) is 45.5 Å². The van der Waals surface area contributed by atoms with E-state index in [2.05, 4.69) is 0 Å². The number of aliphatic hydroxyl groups excluding tert-OH is 1. The van der Waals surface area contributed by atoms with Gasteiger partial charge in [-0.15, -0.1) is 0 Å². The molecule has 0 aliphatic rings. The summed E-state index contributed by atoms with van der Waals surface area (Å²) in [5.41, 5.74) is -1.19. The van der Waals surface area contributed by atoms with E-state index in [1.165, 1.54) is 6.92 Å². The summed E-state index contributed by atoms with van der Waals surface area (Å²) in [6, 6.07) is 0. The van der Waals surface area contributed by atoms with Crippen LogP contribution in [0.5, 0.6) is 0 Å². The third-order valence-corrected chi connectivity index (χ3v) is 2.67. The number of ether oxygens (including phenoxy) is 3. The van der Waals surface area contributed by atoms with Gasteiger partial charge in [-0.25, -0.2) is 0 Å². The van der Waals surface area contributed by atoms with E-state index < -0.39 is 17.9 Å². The van der Waals surface area contributed by atoms with Crippen LogP contribution in [0, 0.1) is 0 Å². The Kier molecular flexibility index (Phi) is 8.91. The smallest absolute Gasteiger partial charge is 0.305 e. The fraction of sp³-hybridized carbons (Fsp3) is 0.917. The number of carbonyl (C=O) groups excluding carboxylic acids is 1. The second-order valence-electron chi connectivity index (χ2n) is 3.96. The van der Waals surface area contributed by atoms with E-state index >= 15 is 0 Å². The molecule has 6 heteroatoms. The van der Waals surface area contributed by atoms with Crippen LogP contribution in [0.15, 0.2) is 0 Å². The van der Waals surface area contributed by atoms with Gasteiger partial charge in [-0.1, -0.05) is 13.8 Å². The lowest BCUT2D eigenvalue weighted by Gasteiger charge is -2.33. The predicted octanol–water partition coefficient (Wildman–Crippen LogP) is 0.452. The summed E-state index contributed by atoms with van der Waals surface area (Å²) in [5, 5.41) is 18.8. The fourth-order valence-corrected chi connectivity index (χ4v) is 1.41. The zero-order valence-electron chi connectivity index (χ0n) is 11.3. The van der Waals surface area contributed by atoms with E-state index in [1.54, 1.807) is 13.8 Å². The van der Waals surface area contributed by atoms with Gasteiger partial charge in [-0.3, -0.25) is 4.79 Å². The molecule has 2 N–H and O–H groups in total. The Morgan fingerprint density at radius 1 is 1.22 bits per heavy atom. The third-order valence-electron chi connectivity index (χ3n) is 2.67. The average molecular weight is 264 g/mol. The van der Waals surface area contributed by atoms with Gasteiger partial charge < -0.3 is 24.4 Å². The van der Waals surface area contributed by atoms with Crippen LogP contribution >= 0.6 is 0 Å². The van der Waals surface area contributed by atoms with E-state index in [-0.39, 0.29) is 26.4 Å². The molecule has 0 radical (unpaired) electrons. The molecule has 108 valence electrons. The monoisotopic (exact) mass is 264 g/mol. The topological polar surface area (TPSA) is 85.2 Å². The first-order chi connectivity index (χ1) is 8.50. The largest absolute Gasteiger partial charge is 0.433 e. The van der Waals surface area contributed by atoms with E-state index in [0.717, 1.165) is 0 Å². The number of esters is 1. The van der Waals surface area contributed by atoms with Crippen molar-refractivity contribution in [2.75, 3.05) is 26.4 Å². The minimum Gasteiger partial charge on any atom is -0.433 e. The van der Waals surface area contributed by atoms with Gasteiger partial charge in [-0.2, -0.15) is 0 Å². The molecular weight excluding hydrogens is 240 g/mol. The van der Waals surface area contributed by atoms with Crippen molar-refractivity contribution in [2.24, 2.45) is 0 Å². The van der Waals surface area contributed by atoms with Gasteiger partial charge >= 0.3 is 5.97 Å². The summed E-state index contributed by atoms with van der Waals surface area (Å²) in [4.78, 5) is 11.0. The van der Waals surface area contributed by atoms with Crippen LogP contribution in [0.4, 0.5) is 0 Å². The lowest BCUT2D eigenvalue weighted by molar-refractivity contribution is -0.237. The number of hydrogen-bond donors (Lipinski definition) is 2. The maximum atomic E-state index is 11.0. The van der Waals surface area contributed by atoms with Crippen molar-refractivity contribution in [3.63, 3.8) is 0 Å². The fourth-order valence-electron chi connectivity index (χ4n) is 1.41. The summed E-state index contributed by atoms with van der Waals surface area (Å²) in [6.45, 7) is 5.48. The quantitative estimate of drug-likeness (QED) is 0.338. The molecule has 0 heterocycles. The lowest BCUT2D eigenvalue weighted by Crippen LogP contribution is -2.46. The number of carbonyl (C=O) groups is 1. The Balaban J connectivity index is 4.27. The van der Waals surface area contributed by atoms with Crippen molar-refractivity contribution in [1.82, 2.24) is 0 Å². The molecule has 0 saturated carbocycles. The average Bonchev–Trinajstić information content (AvgIpc) is 2.35. The van der Waals surface area contributed by atoms with Gasteiger partial charge in [0.1, 0.15) is 5.60 Å². The molecule has 0 aliphatic carbocycles. The Morgan fingerprint density at radius 2 is 1.83 bits per heavy atom. The Hall–Kier alpha value is -0.690. The molecule has 1 atom stereocenters. The Bertz CT molecular complexity index is 227. The molecule has 0 saturated heterocycles. The highest BCUT2D eigenvalue weighted by molar-refractivity contribution is 5.66. The predicted molar refractivity (Wildman–Crippen MR) is 64.9 cm³/mol. The minimum absolute atomic E-state index is 0.0543. The van der Waals surface area contributed by atoms with Crippen LogP contribution in [0.25, 0.3) is 0 Å². The second kappa shape index (κ2) is 9.27. The highest BCUT2D eigenvalue weighted by Gasteiger charge is 2.36. The summed E-state index contributed by atoms with van der Waals surface area (Å²) >= 11 is 0. The Morgan fingerprint density at radius 3 is 2.28 bits per heavy atom. The molecule has 1 unspecified atom stereocenters. The van der Waals surface area contributed by atoms with Gasteiger partial charge in [0.2, 0.25) is 6.29 Å². The number of hydrogen-bond acceptors (Lipinski definition) is 6. The van der Waals surface area contributed by atoms with E-state index in [9.17, 15) is 9.90 Å². The highest BCUT2D eigenvalue weighted by Crippen LogP contribution is 2.23. The molecule has 0 aromatic carbocycles. The molecule has 0 spiro atoms. The van der Waals surface area contributed by atoms with Crippen LogP contribution in [0.3, 0.4) is 0 Å². The number of aliphatic hydroxyl groups is 2. The standard InChI is InChI=1S/C12H24O6/c1-4-12(15,5-2)11(18-10(3)14)17-9-8-16-7-6-13/h11,13,15H,4-9H2,1-3H3. The molecule has 0 rings (SSSR count). The first kappa shape index (κ1) is 17.3. The zero-order chi connectivity index (χ0) is 14.0. The van der Waals surface area contributed by atoms with Crippen molar-refractivity contribution in [3.05, 3.63) is 0 Å². The molecule has 0 aromatic heterocycles. The maximum absolute atomic E-state index is 11.0. The Labute approximate surface area is 108 Å². The van der Waals surface area contributed by atoms with E-state index in [0.29, 0.717) is 12.8 Å². The molecule has 0 amide bonds. The molecule has 0 fully saturated rings. The molecule has 0 bridgehead atoms. The van der Waals surface area contributed by atoms with Gasteiger partial charge in [-0.05, 0) is 12.8 Å². The first-order valence-electron chi connectivity index (χ1n) is 6.20. The van der Waals surface area contributed by atoms with Gasteiger partial charge in [0, 0.05) is 6.92 Å². The van der Waals surface area contributed by atoms with E-state index in [1.807, 2.05) is 0 Å². The third kappa shape index (κ3) is 6.30. The molecule has 0 aromatic rings. The van der Waals surface area contributed by atoms with Gasteiger partial charge in [0.25, 0.3) is 0 Å². The van der Waals surface area contributed by atoms with Crippen LogP contribution in [-0.4, -0.2) is 54.5 Å². The molecule has 18 heavy (non-hydrogen) atoms. The summed E-state index contributed by atoms with van der Waals surface area (Å²) in [6.07, 6.45) is -0.166. The van der Waals surface area contributed by atoms with Crippen molar-refractivity contribution < 1.29 is 29.2 Å². The SMILES string of the molecule is CCC(O)(CC)C(OCCOCCO)OC(C)=O.